The number of fused-ring (bicyclic) bond motifs is 1. The molecule has 2 aromatic heterocycles. The number of amides is 1. The van der Waals surface area contributed by atoms with E-state index in [0.29, 0.717) is 10.3 Å². The molecule has 5 rings (SSSR count). The predicted octanol–water partition coefficient (Wildman–Crippen LogP) is 4.53. The fourth-order valence-electron chi connectivity index (χ4n) is 4.06. The average Bonchev–Trinajstić information content (AvgIpc) is 3.23. The van der Waals surface area contributed by atoms with Gasteiger partial charge < -0.3 is 19.9 Å². The van der Waals surface area contributed by atoms with E-state index >= 15 is 0 Å². The number of pyridine rings is 1. The van der Waals surface area contributed by atoms with E-state index in [1.165, 1.54) is 6.42 Å². The summed E-state index contributed by atoms with van der Waals surface area (Å²) in [5.41, 5.74) is 3.22. The van der Waals surface area contributed by atoms with E-state index in [-0.39, 0.29) is 5.91 Å². The number of nitrogens with one attached hydrogen (secondary N) is 1. The average molecular weight is 502 g/mol. The molecule has 0 radical (unpaired) electrons. The first-order valence-electron chi connectivity index (χ1n) is 10.6. The number of ether oxygens (including phenoxy) is 1. The largest absolute Gasteiger partial charge is 0.378 e. The molecule has 162 valence electrons. The van der Waals surface area contributed by atoms with E-state index in [0.717, 1.165) is 79.0 Å². The van der Waals surface area contributed by atoms with Gasteiger partial charge in [-0.1, -0.05) is 17.4 Å². The highest BCUT2D eigenvalue weighted by molar-refractivity contribution is 9.10. The van der Waals surface area contributed by atoms with Crippen LogP contribution in [0.5, 0.6) is 0 Å². The zero-order valence-corrected chi connectivity index (χ0v) is 19.5. The molecule has 0 atom stereocenters. The Hall–Kier alpha value is -2.23. The Morgan fingerprint density at radius 3 is 2.61 bits per heavy atom. The maximum absolute atomic E-state index is 12.9. The minimum atomic E-state index is -0.211. The van der Waals surface area contributed by atoms with Gasteiger partial charge in [0.05, 0.1) is 34.8 Å². The van der Waals surface area contributed by atoms with Gasteiger partial charge in [0.25, 0.3) is 5.91 Å². The van der Waals surface area contributed by atoms with Crippen LogP contribution in [-0.4, -0.2) is 55.3 Å². The molecule has 1 aromatic carbocycles. The molecule has 0 bridgehead atoms. The molecule has 1 N–H and O–H groups in total. The van der Waals surface area contributed by atoms with Crippen LogP contribution in [0.2, 0.25) is 0 Å². The van der Waals surface area contributed by atoms with Crippen molar-refractivity contribution in [3.8, 4) is 0 Å². The second-order valence-electron chi connectivity index (χ2n) is 7.78. The molecule has 2 fully saturated rings. The number of rotatable bonds is 4. The van der Waals surface area contributed by atoms with Crippen LogP contribution in [0.1, 0.15) is 29.8 Å². The van der Waals surface area contributed by atoms with Gasteiger partial charge in [0, 0.05) is 26.2 Å². The quantitative estimate of drug-likeness (QED) is 0.529. The van der Waals surface area contributed by atoms with Crippen LogP contribution in [0, 0.1) is 0 Å². The molecule has 1 amide bonds. The maximum atomic E-state index is 12.9. The molecule has 2 aliphatic rings. The molecule has 4 heterocycles. The summed E-state index contributed by atoms with van der Waals surface area (Å²) >= 11 is 5.01. The Bertz CT molecular complexity index is 1090. The van der Waals surface area contributed by atoms with Gasteiger partial charge in [-0.3, -0.25) is 4.79 Å². The molecule has 3 aromatic rings. The first kappa shape index (κ1) is 20.7. The Balaban J connectivity index is 1.51. The lowest BCUT2D eigenvalue weighted by atomic mass is 10.1. The fraction of sp³-hybridized carbons (Fsp3) is 0.409. The third-order valence-corrected chi connectivity index (χ3v) is 7.19. The number of thiazole rings is 1. The highest BCUT2D eigenvalue weighted by atomic mass is 79.9. The monoisotopic (exact) mass is 501 g/mol. The molecular formula is C22H24BrN5O2S. The summed E-state index contributed by atoms with van der Waals surface area (Å²) in [6.07, 6.45) is 3.57. The topological polar surface area (TPSA) is 70.6 Å². The van der Waals surface area contributed by atoms with E-state index in [2.05, 4.69) is 48.2 Å². The molecule has 0 unspecified atom stereocenters. The molecule has 2 saturated heterocycles. The van der Waals surface area contributed by atoms with Crippen LogP contribution in [-0.2, 0) is 4.74 Å². The van der Waals surface area contributed by atoms with Gasteiger partial charge in [-0.15, -0.1) is 0 Å². The van der Waals surface area contributed by atoms with Crippen molar-refractivity contribution in [3.05, 3.63) is 40.6 Å². The standard InChI is InChI=1S/C22H24BrN5O2S/c23-20-6-4-5-15(24-20)21(29)25-16-14-19-17(13-18(16)27-7-2-1-3-8-27)26-22(31-19)28-9-11-30-12-10-28/h4-6,13-14H,1-3,7-12H2,(H,25,29). The number of piperidine rings is 1. The number of carbonyl (C=O) groups is 1. The Morgan fingerprint density at radius 1 is 1.03 bits per heavy atom. The SMILES string of the molecule is O=C(Nc1cc2sc(N3CCOCC3)nc2cc1N1CCCCC1)c1cccc(Br)n1. The lowest BCUT2D eigenvalue weighted by molar-refractivity contribution is 0.102. The normalized spacial score (nSPS) is 17.2. The summed E-state index contributed by atoms with van der Waals surface area (Å²) in [4.78, 5) is 26.8. The molecule has 0 saturated carbocycles. The Labute approximate surface area is 193 Å². The number of aromatic nitrogens is 2. The number of hydrogen-bond acceptors (Lipinski definition) is 7. The van der Waals surface area contributed by atoms with Gasteiger partial charge >= 0.3 is 0 Å². The molecule has 0 spiro atoms. The summed E-state index contributed by atoms with van der Waals surface area (Å²) in [6.45, 7) is 5.16. The lowest BCUT2D eigenvalue weighted by Gasteiger charge is -2.30. The second kappa shape index (κ2) is 9.10. The van der Waals surface area contributed by atoms with Crippen LogP contribution in [0.4, 0.5) is 16.5 Å². The number of halogens is 1. The van der Waals surface area contributed by atoms with Crippen molar-refractivity contribution in [2.75, 3.05) is 54.5 Å². The van der Waals surface area contributed by atoms with Gasteiger partial charge in [0.1, 0.15) is 10.3 Å². The number of nitrogens with zero attached hydrogens (tertiary/aromatic N) is 4. The molecule has 9 heteroatoms. The highest BCUT2D eigenvalue weighted by Gasteiger charge is 2.21. The Morgan fingerprint density at radius 2 is 1.84 bits per heavy atom. The number of carbonyl (C=O) groups excluding carboxylic acids is 1. The van der Waals surface area contributed by atoms with Crippen LogP contribution >= 0.6 is 27.3 Å². The highest BCUT2D eigenvalue weighted by Crippen LogP contribution is 2.38. The molecular weight excluding hydrogens is 478 g/mol. The zero-order chi connectivity index (χ0) is 21.2. The van der Waals surface area contributed by atoms with Gasteiger partial charge in [0.2, 0.25) is 0 Å². The summed E-state index contributed by atoms with van der Waals surface area (Å²) in [5, 5.41) is 4.13. The van der Waals surface area contributed by atoms with Crippen LogP contribution in [0.3, 0.4) is 0 Å². The van der Waals surface area contributed by atoms with Crippen molar-refractivity contribution in [2.24, 2.45) is 0 Å². The van der Waals surface area contributed by atoms with E-state index in [1.807, 2.05) is 12.1 Å². The van der Waals surface area contributed by atoms with Crippen molar-refractivity contribution in [2.45, 2.75) is 19.3 Å². The molecule has 7 nitrogen and oxygen atoms in total. The number of anilines is 3. The third kappa shape index (κ3) is 4.53. The lowest BCUT2D eigenvalue weighted by Crippen LogP contribution is -2.36. The van der Waals surface area contributed by atoms with Crippen molar-refractivity contribution in [1.29, 1.82) is 0 Å². The summed E-state index contributed by atoms with van der Waals surface area (Å²) in [6, 6.07) is 9.55. The Kier molecular flexibility index (Phi) is 6.06. The number of hydrogen-bond donors (Lipinski definition) is 1. The molecule has 0 aliphatic carbocycles. The van der Waals surface area contributed by atoms with E-state index in [1.54, 1.807) is 17.4 Å². The minimum absolute atomic E-state index is 0.211. The third-order valence-electron chi connectivity index (χ3n) is 5.67. The van der Waals surface area contributed by atoms with Crippen molar-refractivity contribution < 1.29 is 9.53 Å². The van der Waals surface area contributed by atoms with Crippen LogP contribution in [0.15, 0.2) is 34.9 Å². The zero-order valence-electron chi connectivity index (χ0n) is 17.1. The van der Waals surface area contributed by atoms with E-state index in [9.17, 15) is 4.79 Å². The summed E-state index contributed by atoms with van der Waals surface area (Å²) in [5.74, 6) is -0.211. The first-order chi connectivity index (χ1) is 15.2. The van der Waals surface area contributed by atoms with E-state index < -0.39 is 0 Å². The van der Waals surface area contributed by atoms with Crippen LogP contribution < -0.4 is 15.1 Å². The van der Waals surface area contributed by atoms with Crippen LogP contribution in [0.25, 0.3) is 10.2 Å². The van der Waals surface area contributed by atoms with Gasteiger partial charge in [-0.05, 0) is 59.5 Å². The fourth-order valence-corrected chi connectivity index (χ4v) is 5.44. The number of benzene rings is 1. The van der Waals surface area contributed by atoms with Crippen molar-refractivity contribution >= 4 is 59.9 Å². The van der Waals surface area contributed by atoms with Crippen molar-refractivity contribution in [1.82, 2.24) is 9.97 Å². The van der Waals surface area contributed by atoms with Crippen molar-refractivity contribution in [3.63, 3.8) is 0 Å². The second-order valence-corrected chi connectivity index (χ2v) is 9.60. The molecule has 31 heavy (non-hydrogen) atoms. The van der Waals surface area contributed by atoms with Gasteiger partial charge in [-0.2, -0.15) is 0 Å². The smallest absolute Gasteiger partial charge is 0.274 e. The first-order valence-corrected chi connectivity index (χ1v) is 12.2. The van der Waals surface area contributed by atoms with Gasteiger partial charge in [-0.25, -0.2) is 9.97 Å². The number of morpholine rings is 1. The minimum Gasteiger partial charge on any atom is -0.378 e. The maximum Gasteiger partial charge on any atom is 0.274 e. The summed E-state index contributed by atoms with van der Waals surface area (Å²) < 4.78 is 7.19. The van der Waals surface area contributed by atoms with Gasteiger partial charge in [0.15, 0.2) is 5.13 Å². The predicted molar refractivity (Wildman–Crippen MR) is 129 cm³/mol. The molecule has 2 aliphatic heterocycles. The van der Waals surface area contributed by atoms with E-state index in [4.69, 9.17) is 9.72 Å². The summed E-state index contributed by atoms with van der Waals surface area (Å²) in [7, 11) is 0.